The number of likely N-dealkylation sites (tertiary alicyclic amines) is 1. The van der Waals surface area contributed by atoms with Crippen molar-refractivity contribution >= 4 is 35.0 Å². The highest BCUT2D eigenvalue weighted by atomic mass is 32.1. The Balaban J connectivity index is 1.60. The number of hydrogen-bond acceptors (Lipinski definition) is 9. The molecule has 3 heterocycles. The second-order valence-electron chi connectivity index (χ2n) is 10.3. The lowest BCUT2D eigenvalue weighted by atomic mass is 10.1. The van der Waals surface area contributed by atoms with Crippen molar-refractivity contribution in [3.05, 3.63) is 51.2 Å². The maximum Gasteiger partial charge on any atom is 0.407 e. The molecule has 0 bridgehead atoms. The van der Waals surface area contributed by atoms with Crippen molar-refractivity contribution in [1.29, 1.82) is 5.26 Å². The van der Waals surface area contributed by atoms with Gasteiger partial charge in [0.2, 0.25) is 5.96 Å². The second-order valence-corrected chi connectivity index (χ2v) is 11.2. The van der Waals surface area contributed by atoms with E-state index in [4.69, 9.17) is 14.5 Å². The van der Waals surface area contributed by atoms with Gasteiger partial charge in [0.15, 0.2) is 0 Å². The number of benzene rings is 1. The average Bonchev–Trinajstić information content (AvgIpc) is 3.23. The number of carbonyl (C=O) groups is 2. The number of ether oxygens (including phenoxy) is 2. The highest BCUT2D eigenvalue weighted by Gasteiger charge is 2.32. The molecule has 1 N–H and O–H groups in total. The molecular formula is C27H33N5O4S. The first-order chi connectivity index (χ1) is 17.6. The van der Waals surface area contributed by atoms with Crippen LogP contribution in [0.15, 0.2) is 34.6 Å². The number of rotatable bonds is 5. The van der Waals surface area contributed by atoms with Crippen molar-refractivity contribution in [3.63, 3.8) is 0 Å². The second kappa shape index (κ2) is 11.2. The van der Waals surface area contributed by atoms with Gasteiger partial charge in [-0.15, -0.1) is 11.3 Å². The molecule has 0 spiro atoms. The number of esters is 1. The third-order valence-corrected chi connectivity index (χ3v) is 7.11. The first-order valence-electron chi connectivity index (χ1n) is 12.4. The molecule has 1 aromatic heterocycles. The highest BCUT2D eigenvalue weighted by molar-refractivity contribution is 7.10. The summed E-state index contributed by atoms with van der Waals surface area (Å²) >= 11 is 1.59. The maximum absolute atomic E-state index is 12.4. The summed E-state index contributed by atoms with van der Waals surface area (Å²) in [6.07, 6.45) is 1.31. The number of thiophene rings is 1. The Labute approximate surface area is 221 Å². The lowest BCUT2D eigenvalue weighted by Crippen LogP contribution is -2.54. The zero-order valence-corrected chi connectivity index (χ0v) is 22.6. The molecule has 1 fully saturated rings. The van der Waals surface area contributed by atoms with Crippen LogP contribution in [0.1, 0.15) is 62.1 Å². The summed E-state index contributed by atoms with van der Waals surface area (Å²) in [5.41, 5.74) is 2.72. The third kappa shape index (κ3) is 6.80. The van der Waals surface area contributed by atoms with Gasteiger partial charge in [0.1, 0.15) is 12.2 Å². The first-order valence-corrected chi connectivity index (χ1v) is 13.3. The van der Waals surface area contributed by atoms with Crippen LogP contribution in [0.25, 0.3) is 0 Å². The molecule has 4 rings (SSSR count). The number of alkyl carbamates (subject to hydrolysis) is 1. The Morgan fingerprint density at radius 2 is 2.05 bits per heavy atom. The van der Waals surface area contributed by atoms with Crippen LogP contribution in [0.2, 0.25) is 0 Å². The van der Waals surface area contributed by atoms with Gasteiger partial charge in [-0.05, 0) is 50.6 Å². The maximum atomic E-state index is 12.4. The average molecular weight is 524 g/mol. The van der Waals surface area contributed by atoms with Gasteiger partial charge in [-0.2, -0.15) is 5.26 Å². The molecule has 1 unspecified atom stereocenters. The number of aliphatic imine (C=N–C) groups is 1. The van der Waals surface area contributed by atoms with Crippen molar-refractivity contribution in [3.8, 4) is 6.07 Å². The van der Waals surface area contributed by atoms with E-state index in [1.807, 2.05) is 50.4 Å². The van der Waals surface area contributed by atoms with Crippen LogP contribution < -0.4 is 5.32 Å². The Morgan fingerprint density at radius 3 is 2.78 bits per heavy atom. The number of amides is 1. The van der Waals surface area contributed by atoms with E-state index in [-0.39, 0.29) is 18.6 Å². The molecule has 9 nitrogen and oxygen atoms in total. The normalized spacial score (nSPS) is 17.4. The molecule has 0 radical (unpaired) electrons. The number of nitriles is 1. The number of fused-ring (bicyclic) bond motifs is 1. The van der Waals surface area contributed by atoms with Crippen molar-refractivity contribution in [1.82, 2.24) is 15.1 Å². The molecule has 0 aliphatic carbocycles. The Morgan fingerprint density at radius 1 is 1.27 bits per heavy atom. The molecule has 10 heteroatoms. The summed E-state index contributed by atoms with van der Waals surface area (Å²) in [6.45, 7) is 9.65. The topological polar surface area (TPSA) is 107 Å². The Kier molecular flexibility index (Phi) is 8.03. The van der Waals surface area contributed by atoms with Crippen molar-refractivity contribution in [2.24, 2.45) is 4.99 Å². The van der Waals surface area contributed by atoms with Gasteiger partial charge in [-0.25, -0.2) is 9.79 Å². The summed E-state index contributed by atoms with van der Waals surface area (Å²) in [4.78, 5) is 34.4. The van der Waals surface area contributed by atoms with Gasteiger partial charge in [0.05, 0.1) is 28.7 Å². The summed E-state index contributed by atoms with van der Waals surface area (Å²) < 4.78 is 10.7. The molecule has 2 aromatic rings. The summed E-state index contributed by atoms with van der Waals surface area (Å²) in [7, 11) is 0. The minimum atomic E-state index is -0.565. The Hall–Kier alpha value is -3.58. The molecule has 1 amide bonds. The fourth-order valence-electron chi connectivity index (χ4n) is 4.50. The zero-order chi connectivity index (χ0) is 26.6. The number of guanidine groups is 1. The van der Waals surface area contributed by atoms with Gasteiger partial charge in [-0.3, -0.25) is 4.79 Å². The van der Waals surface area contributed by atoms with E-state index < -0.39 is 11.7 Å². The minimum absolute atomic E-state index is 0.0797. The fourth-order valence-corrected chi connectivity index (χ4v) is 5.48. The number of carbonyl (C=O) groups excluding carboxylic acids is 2. The zero-order valence-electron chi connectivity index (χ0n) is 21.7. The summed E-state index contributed by atoms with van der Waals surface area (Å²) in [5.74, 6) is 0.459. The number of piperidine rings is 1. The molecule has 1 aromatic carbocycles. The third-order valence-electron chi connectivity index (χ3n) is 6.10. The lowest BCUT2D eigenvalue weighted by molar-refractivity contribution is -0.142. The fraction of sp³-hybridized carbons (Fsp3) is 0.481. The number of nitrogens with zero attached hydrogens (tertiary/aromatic N) is 4. The minimum Gasteiger partial charge on any atom is -0.461 e. The van der Waals surface area contributed by atoms with Gasteiger partial charge in [0.25, 0.3) is 0 Å². The molecule has 1 saturated heterocycles. The lowest BCUT2D eigenvalue weighted by Gasteiger charge is -2.41. The van der Waals surface area contributed by atoms with Crippen LogP contribution in [0.5, 0.6) is 0 Å². The molecule has 37 heavy (non-hydrogen) atoms. The largest absolute Gasteiger partial charge is 0.461 e. The smallest absolute Gasteiger partial charge is 0.407 e. The Bertz CT molecular complexity index is 1230. The van der Waals surface area contributed by atoms with Crippen LogP contribution in [0, 0.1) is 11.3 Å². The van der Waals surface area contributed by atoms with Crippen LogP contribution in [-0.4, -0.2) is 52.6 Å². The van der Waals surface area contributed by atoms with Crippen molar-refractivity contribution < 1.29 is 19.1 Å². The molecule has 0 saturated carbocycles. The van der Waals surface area contributed by atoms with Crippen molar-refractivity contribution in [2.45, 2.75) is 71.9 Å². The van der Waals surface area contributed by atoms with E-state index in [0.29, 0.717) is 25.2 Å². The van der Waals surface area contributed by atoms with E-state index in [9.17, 15) is 14.9 Å². The van der Waals surface area contributed by atoms with Crippen LogP contribution in [0.4, 0.5) is 10.5 Å². The van der Waals surface area contributed by atoms with Gasteiger partial charge < -0.3 is 24.6 Å². The molecule has 2 aliphatic heterocycles. The van der Waals surface area contributed by atoms with Gasteiger partial charge in [-0.1, -0.05) is 18.2 Å². The monoisotopic (exact) mass is 523 g/mol. The van der Waals surface area contributed by atoms with E-state index >= 15 is 0 Å². The summed E-state index contributed by atoms with van der Waals surface area (Å²) in [6, 6.07) is 9.80. The van der Waals surface area contributed by atoms with E-state index in [0.717, 1.165) is 47.0 Å². The predicted octanol–water partition coefficient (Wildman–Crippen LogP) is 4.68. The molecule has 1 atom stereocenters. The van der Waals surface area contributed by atoms with Crippen LogP contribution in [0.3, 0.4) is 0 Å². The quantitative estimate of drug-likeness (QED) is 0.567. The SMILES string of the molecule is CC(=O)OCc1csc2c1N=C(N1CCCC(NC(=O)OC(C)(C)C)C1)N(Cc1ccccc1C#N)C2. The van der Waals surface area contributed by atoms with E-state index in [2.05, 4.69) is 21.2 Å². The van der Waals surface area contributed by atoms with Crippen LogP contribution in [-0.2, 0) is 34.0 Å². The predicted molar refractivity (Wildman–Crippen MR) is 141 cm³/mol. The standard InChI is InChI=1S/C27H33N5O4S/c1-18(33)35-16-21-17-37-23-15-32(13-20-9-6-5-8-19(20)12-28)25(30-24(21)23)31-11-7-10-22(14-31)29-26(34)36-27(2,3)4/h5-6,8-9,17,22H,7,10-11,13-16H2,1-4H3,(H,29,34). The summed E-state index contributed by atoms with van der Waals surface area (Å²) in [5, 5.41) is 14.6. The van der Waals surface area contributed by atoms with Gasteiger partial charge >= 0.3 is 12.1 Å². The molecular weight excluding hydrogens is 490 g/mol. The molecule has 2 aliphatic rings. The number of hydrogen-bond donors (Lipinski definition) is 1. The van der Waals surface area contributed by atoms with E-state index in [1.54, 1.807) is 11.3 Å². The van der Waals surface area contributed by atoms with Gasteiger partial charge in [0, 0.05) is 38.2 Å². The highest BCUT2D eigenvalue weighted by Crippen LogP contribution is 2.37. The van der Waals surface area contributed by atoms with E-state index in [1.165, 1.54) is 6.92 Å². The first kappa shape index (κ1) is 26.5. The molecule has 196 valence electrons. The number of nitrogens with one attached hydrogen (secondary N) is 1. The van der Waals surface area contributed by atoms with Crippen LogP contribution >= 0.6 is 11.3 Å². The van der Waals surface area contributed by atoms with Crippen molar-refractivity contribution in [2.75, 3.05) is 13.1 Å².